The van der Waals surface area contributed by atoms with Crippen LogP contribution in [0.2, 0.25) is 0 Å². The standard InChI is InChI=1S/C18H22N4.C11H14N2.C2H6/c1-5-12-17-21(4)15-16(20-11-10-19-15)22(17)14-9-7-6-8-13(14)18(12,2)3;1-12-6-7-13-10-5-3-2-4-9(10)8-11(12)13;1-2/h6-12,17H,5H2,1-4H3;2-4,6-7,10-11H,5,8H2,1H3;1-2H3. The third-order valence-corrected chi connectivity index (χ3v) is 8.77. The lowest BCUT2D eigenvalue weighted by atomic mass is 9.67. The van der Waals surface area contributed by atoms with Gasteiger partial charge in [-0.15, -0.1) is 0 Å². The van der Waals surface area contributed by atoms with Crippen molar-refractivity contribution in [3.8, 4) is 0 Å². The molecule has 1 saturated heterocycles. The second kappa shape index (κ2) is 9.88. The molecule has 2 aromatic rings. The van der Waals surface area contributed by atoms with Gasteiger partial charge in [0.05, 0.1) is 6.04 Å². The highest BCUT2D eigenvalue weighted by molar-refractivity contribution is 5.81. The first kappa shape index (κ1) is 25.4. The Labute approximate surface area is 223 Å². The van der Waals surface area contributed by atoms with Crippen LogP contribution in [0, 0.1) is 5.92 Å². The van der Waals surface area contributed by atoms with Crippen LogP contribution in [0.15, 0.2) is 72.9 Å². The Morgan fingerprint density at radius 1 is 1.00 bits per heavy atom. The number of allylic oxidation sites excluding steroid dienone is 2. The van der Waals surface area contributed by atoms with Gasteiger partial charge in [-0.1, -0.05) is 71.0 Å². The van der Waals surface area contributed by atoms with Gasteiger partial charge in [0.25, 0.3) is 0 Å². The van der Waals surface area contributed by atoms with Gasteiger partial charge in [0.2, 0.25) is 0 Å². The number of rotatable bonds is 1. The number of aromatic nitrogens is 2. The molecule has 6 heteroatoms. The molecule has 1 fully saturated rings. The fraction of sp³-hybridized carbons (Fsp3) is 0.484. The first-order valence-electron chi connectivity index (χ1n) is 13.9. The van der Waals surface area contributed by atoms with E-state index in [0.717, 1.165) is 18.1 Å². The summed E-state index contributed by atoms with van der Waals surface area (Å²) >= 11 is 0. The smallest absolute Gasteiger partial charge is 0.178 e. The summed E-state index contributed by atoms with van der Waals surface area (Å²) in [6.07, 6.45) is 19.1. The molecule has 4 unspecified atom stereocenters. The van der Waals surface area contributed by atoms with E-state index in [1.54, 1.807) is 18.0 Å². The molecular formula is C31H42N6. The van der Waals surface area contributed by atoms with Gasteiger partial charge in [-0.3, -0.25) is 0 Å². The molecule has 0 spiro atoms. The van der Waals surface area contributed by atoms with Gasteiger partial charge in [-0.25, -0.2) is 9.97 Å². The fourth-order valence-electron chi connectivity index (χ4n) is 6.94. The maximum atomic E-state index is 4.63. The molecule has 1 aromatic heterocycles. The molecule has 0 saturated carbocycles. The van der Waals surface area contributed by atoms with Gasteiger partial charge < -0.3 is 19.6 Å². The number of anilines is 3. The normalized spacial score (nSPS) is 27.2. The number of hydrogen-bond acceptors (Lipinski definition) is 6. The Kier molecular flexibility index (Phi) is 6.78. The van der Waals surface area contributed by atoms with E-state index in [2.05, 4.69) is 119 Å². The zero-order valence-corrected chi connectivity index (χ0v) is 23.5. The first-order valence-corrected chi connectivity index (χ1v) is 13.9. The molecule has 0 amide bonds. The fourth-order valence-corrected chi connectivity index (χ4v) is 6.94. The van der Waals surface area contributed by atoms with E-state index in [1.165, 1.54) is 24.1 Å². The predicted octanol–water partition coefficient (Wildman–Crippen LogP) is 6.42. The second-order valence-electron chi connectivity index (χ2n) is 10.9. The van der Waals surface area contributed by atoms with Crippen molar-refractivity contribution < 1.29 is 0 Å². The first-order chi connectivity index (χ1) is 17.9. The third kappa shape index (κ3) is 3.92. The lowest BCUT2D eigenvalue weighted by Gasteiger charge is -2.50. The lowest BCUT2D eigenvalue weighted by molar-refractivity contribution is 0.194. The molecule has 1 aromatic carbocycles. The van der Waals surface area contributed by atoms with Crippen molar-refractivity contribution in [1.29, 1.82) is 0 Å². The van der Waals surface area contributed by atoms with Crippen LogP contribution >= 0.6 is 0 Å². The van der Waals surface area contributed by atoms with Crippen LogP contribution in [0.3, 0.4) is 0 Å². The van der Waals surface area contributed by atoms with Crippen LogP contribution < -0.4 is 9.80 Å². The van der Waals surface area contributed by atoms with Gasteiger partial charge in [0.15, 0.2) is 11.6 Å². The highest BCUT2D eigenvalue weighted by atomic mass is 15.5. The monoisotopic (exact) mass is 498 g/mol. The predicted molar refractivity (Wildman–Crippen MR) is 154 cm³/mol. The topological polar surface area (TPSA) is 38.7 Å². The van der Waals surface area contributed by atoms with Crippen molar-refractivity contribution in [2.45, 2.75) is 77.7 Å². The summed E-state index contributed by atoms with van der Waals surface area (Å²) < 4.78 is 0. The van der Waals surface area contributed by atoms with E-state index < -0.39 is 0 Å². The molecule has 4 atom stereocenters. The summed E-state index contributed by atoms with van der Waals surface area (Å²) in [5.41, 5.74) is 4.41. The van der Waals surface area contributed by atoms with Crippen LogP contribution in [0.1, 0.15) is 59.4 Å². The van der Waals surface area contributed by atoms with Gasteiger partial charge in [0.1, 0.15) is 12.3 Å². The molecule has 0 N–H and O–H groups in total. The molecule has 4 aliphatic heterocycles. The number of hydrogen-bond donors (Lipinski definition) is 0. The van der Waals surface area contributed by atoms with Crippen molar-refractivity contribution in [3.63, 3.8) is 0 Å². The van der Waals surface area contributed by atoms with Crippen LogP contribution in [-0.4, -0.2) is 52.2 Å². The lowest BCUT2D eigenvalue weighted by Crippen LogP contribution is -2.54. The molecule has 1 aliphatic carbocycles. The van der Waals surface area contributed by atoms with Crippen LogP contribution in [0.5, 0.6) is 0 Å². The Balaban J connectivity index is 0.000000159. The SMILES string of the molecule is CC.CCC1C2N(C)c3nccnc3N2c2ccccc2C1(C)C.CN1C=CN2C3CC=CC=C3CC12. The van der Waals surface area contributed by atoms with Crippen molar-refractivity contribution in [1.82, 2.24) is 19.8 Å². The molecule has 6 nitrogen and oxygen atoms in total. The Hall–Kier alpha value is -3.28. The molecule has 37 heavy (non-hydrogen) atoms. The summed E-state index contributed by atoms with van der Waals surface area (Å²) in [6.45, 7) is 11.0. The Bertz CT molecular complexity index is 1210. The van der Waals surface area contributed by atoms with Crippen LogP contribution in [0.4, 0.5) is 17.3 Å². The van der Waals surface area contributed by atoms with Crippen LogP contribution in [0.25, 0.3) is 0 Å². The molecule has 5 aliphatic rings. The van der Waals surface area contributed by atoms with Crippen molar-refractivity contribution in [3.05, 3.63) is 78.4 Å². The molecule has 0 bridgehead atoms. The minimum atomic E-state index is 0.128. The summed E-state index contributed by atoms with van der Waals surface area (Å²) in [4.78, 5) is 18.7. The Morgan fingerprint density at radius 3 is 2.49 bits per heavy atom. The quantitative estimate of drug-likeness (QED) is 0.451. The minimum Gasteiger partial charge on any atom is -0.359 e. The zero-order chi connectivity index (χ0) is 26.3. The van der Waals surface area contributed by atoms with E-state index in [0.29, 0.717) is 18.1 Å². The third-order valence-electron chi connectivity index (χ3n) is 8.77. The van der Waals surface area contributed by atoms with Crippen molar-refractivity contribution >= 4 is 17.3 Å². The van der Waals surface area contributed by atoms with Crippen molar-refractivity contribution in [2.75, 3.05) is 23.9 Å². The van der Waals surface area contributed by atoms with Gasteiger partial charge in [-0.2, -0.15) is 0 Å². The molecular weight excluding hydrogens is 456 g/mol. The van der Waals surface area contributed by atoms with Gasteiger partial charge in [-0.05, 0) is 35.5 Å². The summed E-state index contributed by atoms with van der Waals surface area (Å²) in [7, 11) is 4.30. The Morgan fingerprint density at radius 2 is 1.73 bits per heavy atom. The van der Waals surface area contributed by atoms with E-state index in [-0.39, 0.29) is 11.6 Å². The van der Waals surface area contributed by atoms with E-state index in [9.17, 15) is 0 Å². The van der Waals surface area contributed by atoms with Crippen LogP contribution in [-0.2, 0) is 5.41 Å². The van der Waals surface area contributed by atoms with E-state index in [1.807, 2.05) is 13.8 Å². The summed E-state index contributed by atoms with van der Waals surface area (Å²) in [5, 5.41) is 0. The highest BCUT2D eigenvalue weighted by Crippen LogP contribution is 2.54. The summed E-state index contributed by atoms with van der Waals surface area (Å²) in [6, 6.07) is 9.39. The van der Waals surface area contributed by atoms with Gasteiger partial charge in [0, 0.05) is 56.9 Å². The zero-order valence-electron chi connectivity index (χ0n) is 23.5. The second-order valence-corrected chi connectivity index (χ2v) is 10.9. The number of fused-ring (bicyclic) bond motifs is 8. The average Bonchev–Trinajstić information content (AvgIpc) is 3.57. The highest BCUT2D eigenvalue weighted by Gasteiger charge is 2.51. The molecule has 7 rings (SSSR count). The van der Waals surface area contributed by atoms with Crippen molar-refractivity contribution in [2.24, 2.45) is 5.92 Å². The maximum absolute atomic E-state index is 4.63. The number of para-hydroxylation sites is 1. The average molecular weight is 499 g/mol. The molecule has 196 valence electrons. The van der Waals surface area contributed by atoms with Gasteiger partial charge >= 0.3 is 0 Å². The number of benzene rings is 1. The minimum absolute atomic E-state index is 0.128. The number of nitrogens with zero attached hydrogens (tertiary/aromatic N) is 6. The maximum Gasteiger partial charge on any atom is 0.178 e. The summed E-state index contributed by atoms with van der Waals surface area (Å²) in [5.74, 6) is 2.48. The molecule has 0 radical (unpaired) electrons. The van der Waals surface area contributed by atoms with E-state index >= 15 is 0 Å². The molecule has 5 heterocycles. The van der Waals surface area contributed by atoms with E-state index in [4.69, 9.17) is 0 Å². The largest absolute Gasteiger partial charge is 0.359 e.